The Labute approximate surface area is 106 Å². The first-order valence-electron chi connectivity index (χ1n) is 5.27. The Morgan fingerprint density at radius 2 is 2.41 bits per heavy atom. The molecule has 3 rings (SSSR count). The van der Waals surface area contributed by atoms with Crippen LogP contribution >= 0.6 is 22.7 Å². The van der Waals surface area contributed by atoms with Crippen molar-refractivity contribution in [2.75, 3.05) is 13.2 Å². The Hall–Kier alpha value is -1.24. The zero-order chi connectivity index (χ0) is 11.7. The van der Waals surface area contributed by atoms with Crippen LogP contribution in [0.1, 0.15) is 16.9 Å². The van der Waals surface area contributed by atoms with E-state index in [-0.39, 0.29) is 5.91 Å². The Morgan fingerprint density at radius 1 is 1.47 bits per heavy atom. The van der Waals surface area contributed by atoms with Gasteiger partial charge in [-0.25, -0.2) is 10.0 Å². The summed E-state index contributed by atoms with van der Waals surface area (Å²) in [5.74, 6) is -0.139. The smallest absolute Gasteiger partial charge is 0.271 e. The number of carbonyl (C=O) groups is 1. The van der Waals surface area contributed by atoms with Crippen molar-refractivity contribution in [2.24, 2.45) is 0 Å². The van der Waals surface area contributed by atoms with E-state index in [4.69, 9.17) is 4.84 Å². The number of amides is 1. The summed E-state index contributed by atoms with van der Waals surface area (Å²) in [6.45, 7) is 1.28. The monoisotopic (exact) mass is 266 g/mol. The molecule has 1 saturated heterocycles. The third-order valence-electron chi connectivity index (χ3n) is 2.47. The van der Waals surface area contributed by atoms with E-state index in [0.29, 0.717) is 18.8 Å². The largest absolute Gasteiger partial charge is 0.296 e. The maximum Gasteiger partial charge on any atom is 0.296 e. The molecule has 17 heavy (non-hydrogen) atoms. The summed E-state index contributed by atoms with van der Waals surface area (Å²) < 4.78 is 0. The molecule has 1 aliphatic rings. The molecule has 0 unspecified atom stereocenters. The third-order valence-corrected chi connectivity index (χ3v) is 4.05. The standard InChI is InChI=1S/C11H10N2O2S2/c14-11(13-3-1-4-15-13)9-7-17-10(12-9)8-2-5-16-6-8/h2,5-7H,1,3-4H2. The Morgan fingerprint density at radius 3 is 3.12 bits per heavy atom. The fourth-order valence-corrected chi connectivity index (χ4v) is 3.13. The fourth-order valence-electron chi connectivity index (χ4n) is 1.63. The fraction of sp³-hybridized carbons (Fsp3) is 0.273. The van der Waals surface area contributed by atoms with Crippen LogP contribution in [-0.2, 0) is 4.84 Å². The van der Waals surface area contributed by atoms with E-state index in [2.05, 4.69) is 4.98 Å². The minimum Gasteiger partial charge on any atom is -0.271 e. The predicted molar refractivity (Wildman–Crippen MR) is 67.0 cm³/mol. The van der Waals surface area contributed by atoms with Crippen LogP contribution in [0.5, 0.6) is 0 Å². The van der Waals surface area contributed by atoms with Crippen LogP contribution in [0.25, 0.3) is 10.6 Å². The van der Waals surface area contributed by atoms with Crippen LogP contribution in [0.4, 0.5) is 0 Å². The van der Waals surface area contributed by atoms with Gasteiger partial charge >= 0.3 is 0 Å². The van der Waals surface area contributed by atoms with E-state index >= 15 is 0 Å². The second kappa shape index (κ2) is 4.56. The molecule has 4 nitrogen and oxygen atoms in total. The van der Waals surface area contributed by atoms with Gasteiger partial charge in [0, 0.05) is 16.3 Å². The molecule has 1 fully saturated rings. The van der Waals surface area contributed by atoms with Crippen LogP contribution in [0, 0.1) is 0 Å². The average Bonchev–Trinajstić information content (AvgIpc) is 3.09. The molecule has 0 aliphatic carbocycles. The molecule has 0 aromatic carbocycles. The lowest BCUT2D eigenvalue weighted by atomic mass is 10.3. The maximum atomic E-state index is 12.0. The normalized spacial score (nSPS) is 15.4. The number of hydrogen-bond donors (Lipinski definition) is 0. The quantitative estimate of drug-likeness (QED) is 0.839. The van der Waals surface area contributed by atoms with Crippen LogP contribution in [0.2, 0.25) is 0 Å². The molecule has 0 saturated carbocycles. The summed E-state index contributed by atoms with van der Waals surface area (Å²) in [6, 6.07) is 2.00. The number of aromatic nitrogens is 1. The second-order valence-corrected chi connectivity index (χ2v) is 5.28. The van der Waals surface area contributed by atoms with Gasteiger partial charge in [-0.15, -0.1) is 11.3 Å². The van der Waals surface area contributed by atoms with Crippen molar-refractivity contribution in [3.8, 4) is 10.6 Å². The van der Waals surface area contributed by atoms with Gasteiger partial charge in [0.25, 0.3) is 5.91 Å². The van der Waals surface area contributed by atoms with Crippen LogP contribution in [-0.4, -0.2) is 29.1 Å². The number of thiophene rings is 1. The summed E-state index contributed by atoms with van der Waals surface area (Å²) in [5.41, 5.74) is 1.54. The van der Waals surface area contributed by atoms with Gasteiger partial charge in [0.1, 0.15) is 10.7 Å². The number of thiazole rings is 1. The van der Waals surface area contributed by atoms with Crippen molar-refractivity contribution >= 4 is 28.6 Å². The van der Waals surface area contributed by atoms with Crippen molar-refractivity contribution in [1.82, 2.24) is 10.0 Å². The molecule has 2 aromatic heterocycles. The van der Waals surface area contributed by atoms with Gasteiger partial charge in [-0.3, -0.25) is 9.63 Å². The lowest BCUT2D eigenvalue weighted by Gasteiger charge is -2.11. The van der Waals surface area contributed by atoms with E-state index in [9.17, 15) is 4.79 Å². The molecule has 1 amide bonds. The average molecular weight is 266 g/mol. The number of rotatable bonds is 2. The van der Waals surface area contributed by atoms with Gasteiger partial charge < -0.3 is 0 Å². The van der Waals surface area contributed by atoms with Gasteiger partial charge in [0.05, 0.1) is 13.2 Å². The minimum absolute atomic E-state index is 0.139. The van der Waals surface area contributed by atoms with E-state index in [1.54, 1.807) is 16.7 Å². The van der Waals surface area contributed by atoms with Crippen LogP contribution in [0.3, 0.4) is 0 Å². The summed E-state index contributed by atoms with van der Waals surface area (Å²) in [4.78, 5) is 21.5. The highest BCUT2D eigenvalue weighted by molar-refractivity contribution is 7.14. The molecule has 3 heterocycles. The van der Waals surface area contributed by atoms with Gasteiger partial charge in [-0.1, -0.05) is 0 Å². The van der Waals surface area contributed by atoms with Crippen LogP contribution in [0.15, 0.2) is 22.2 Å². The lowest BCUT2D eigenvalue weighted by molar-refractivity contribution is -0.0771. The molecule has 6 heteroatoms. The highest BCUT2D eigenvalue weighted by Gasteiger charge is 2.23. The molecular weight excluding hydrogens is 256 g/mol. The SMILES string of the molecule is O=C(c1csc(-c2ccsc2)n1)N1CCCO1. The van der Waals surface area contributed by atoms with Gasteiger partial charge in [-0.05, 0) is 17.9 Å². The van der Waals surface area contributed by atoms with E-state index in [0.717, 1.165) is 17.0 Å². The molecule has 0 spiro atoms. The highest BCUT2D eigenvalue weighted by atomic mass is 32.1. The van der Waals surface area contributed by atoms with E-state index in [1.165, 1.54) is 16.4 Å². The summed E-state index contributed by atoms with van der Waals surface area (Å²) in [5, 5.41) is 8.10. The molecule has 0 bridgehead atoms. The first-order valence-corrected chi connectivity index (χ1v) is 7.10. The Kier molecular flexibility index (Phi) is 2.92. The molecule has 0 atom stereocenters. The molecule has 1 aliphatic heterocycles. The first kappa shape index (κ1) is 10.9. The second-order valence-electron chi connectivity index (χ2n) is 3.64. The van der Waals surface area contributed by atoms with Crippen molar-refractivity contribution < 1.29 is 9.63 Å². The molecule has 2 aromatic rings. The first-order chi connectivity index (χ1) is 8.34. The molecular formula is C11H10N2O2S2. The Balaban J connectivity index is 1.82. The van der Waals surface area contributed by atoms with Crippen molar-refractivity contribution in [2.45, 2.75) is 6.42 Å². The number of nitrogens with zero attached hydrogens (tertiary/aromatic N) is 2. The lowest BCUT2D eigenvalue weighted by Crippen LogP contribution is -2.26. The zero-order valence-electron chi connectivity index (χ0n) is 8.96. The molecule has 0 radical (unpaired) electrons. The van der Waals surface area contributed by atoms with Gasteiger partial charge in [0.2, 0.25) is 0 Å². The summed E-state index contributed by atoms with van der Waals surface area (Å²) in [6.07, 6.45) is 0.896. The highest BCUT2D eigenvalue weighted by Crippen LogP contribution is 2.26. The number of carbonyl (C=O) groups excluding carboxylic acids is 1. The maximum absolute atomic E-state index is 12.0. The number of hydrogen-bond acceptors (Lipinski definition) is 5. The van der Waals surface area contributed by atoms with Crippen molar-refractivity contribution in [3.05, 3.63) is 27.9 Å². The Bertz CT molecular complexity index is 515. The van der Waals surface area contributed by atoms with Crippen molar-refractivity contribution in [3.63, 3.8) is 0 Å². The van der Waals surface area contributed by atoms with Gasteiger partial charge in [0.15, 0.2) is 0 Å². The third kappa shape index (κ3) is 2.11. The summed E-state index contributed by atoms with van der Waals surface area (Å²) in [7, 11) is 0. The van der Waals surface area contributed by atoms with Gasteiger partial charge in [-0.2, -0.15) is 11.3 Å². The van der Waals surface area contributed by atoms with Crippen LogP contribution < -0.4 is 0 Å². The topological polar surface area (TPSA) is 42.4 Å². The predicted octanol–water partition coefficient (Wildman–Crippen LogP) is 2.65. The van der Waals surface area contributed by atoms with E-state index < -0.39 is 0 Å². The number of hydroxylamine groups is 2. The van der Waals surface area contributed by atoms with E-state index in [1.807, 2.05) is 16.8 Å². The molecule has 0 N–H and O–H groups in total. The minimum atomic E-state index is -0.139. The molecule has 88 valence electrons. The zero-order valence-corrected chi connectivity index (χ0v) is 10.6. The summed E-state index contributed by atoms with van der Waals surface area (Å²) >= 11 is 3.11. The van der Waals surface area contributed by atoms with Crippen molar-refractivity contribution in [1.29, 1.82) is 0 Å².